The number of fused-ring (bicyclic) bond motifs is 1. The summed E-state index contributed by atoms with van der Waals surface area (Å²) in [4.78, 5) is 27.6. The third kappa shape index (κ3) is 4.83. The van der Waals surface area contributed by atoms with Gasteiger partial charge in [0.2, 0.25) is 5.78 Å². The number of nitrogens with zero attached hydrogens (tertiary/aromatic N) is 1. The molecule has 0 aromatic heterocycles. The molecule has 8 heteroatoms. The van der Waals surface area contributed by atoms with E-state index in [2.05, 4.69) is 20.8 Å². The molecule has 0 aliphatic carbocycles. The smallest absolute Gasteiger partial charge is 0.310 e. The van der Waals surface area contributed by atoms with Gasteiger partial charge in [-0.05, 0) is 69.1 Å². The number of carbonyl (C=O) groups is 2. The first-order chi connectivity index (χ1) is 16.3. The number of phenols is 1. The van der Waals surface area contributed by atoms with Crippen LogP contribution in [0.1, 0.15) is 46.8 Å². The summed E-state index contributed by atoms with van der Waals surface area (Å²) in [5.74, 6) is 0.607. The van der Waals surface area contributed by atoms with Crippen molar-refractivity contribution in [2.75, 3.05) is 26.8 Å². The topological polar surface area (TPSA) is 85.3 Å². The number of carbonyl (C=O) groups excluding carboxylic acids is 2. The highest BCUT2D eigenvalue weighted by molar-refractivity contribution is 9.10. The number of piperidine rings is 1. The lowest BCUT2D eigenvalue weighted by atomic mass is 9.96. The molecule has 1 N–H and O–H groups in total. The fourth-order valence-corrected chi connectivity index (χ4v) is 4.95. The number of aryl methyl sites for hydroxylation is 1. The molecule has 0 bridgehead atoms. The molecule has 1 atom stereocenters. The Kier molecular flexibility index (Phi) is 7.28. The number of aromatic hydroxyl groups is 1. The fraction of sp³-hybridized carbons (Fsp3) is 0.385. The van der Waals surface area contributed by atoms with E-state index in [1.165, 1.54) is 0 Å². The Hall–Kier alpha value is -2.84. The number of ether oxygens (including phenoxy) is 3. The summed E-state index contributed by atoms with van der Waals surface area (Å²) in [6.45, 7) is 5.62. The van der Waals surface area contributed by atoms with Crippen LogP contribution in [0.15, 0.2) is 34.5 Å². The highest BCUT2D eigenvalue weighted by atomic mass is 79.9. The minimum absolute atomic E-state index is 0.0728. The zero-order valence-electron chi connectivity index (χ0n) is 19.5. The van der Waals surface area contributed by atoms with Crippen LogP contribution in [-0.4, -0.2) is 48.6 Å². The Morgan fingerprint density at radius 2 is 2.15 bits per heavy atom. The molecule has 2 aliphatic rings. The molecule has 4 rings (SSSR count). The highest BCUT2D eigenvalue weighted by Crippen LogP contribution is 2.43. The Balaban J connectivity index is 1.64. The maximum Gasteiger partial charge on any atom is 0.310 e. The van der Waals surface area contributed by atoms with Gasteiger partial charge in [-0.1, -0.05) is 15.9 Å². The Morgan fingerprint density at radius 1 is 1.35 bits per heavy atom. The van der Waals surface area contributed by atoms with Crippen molar-refractivity contribution in [3.05, 3.63) is 56.8 Å². The number of esters is 1. The maximum absolute atomic E-state index is 13.3. The molecule has 2 heterocycles. The van der Waals surface area contributed by atoms with E-state index in [1.54, 1.807) is 33.1 Å². The second-order valence-electron chi connectivity index (χ2n) is 8.55. The number of rotatable bonds is 6. The molecule has 0 saturated carbocycles. The number of benzene rings is 2. The minimum atomic E-state index is -0.237. The van der Waals surface area contributed by atoms with Crippen molar-refractivity contribution in [2.45, 2.75) is 33.2 Å². The number of hydrogen-bond donors (Lipinski definition) is 1. The van der Waals surface area contributed by atoms with E-state index >= 15 is 0 Å². The summed E-state index contributed by atoms with van der Waals surface area (Å²) < 4.78 is 17.5. The number of likely N-dealkylation sites (tertiary alicyclic amines) is 1. The zero-order chi connectivity index (χ0) is 24.4. The summed E-state index contributed by atoms with van der Waals surface area (Å²) in [7, 11) is 1.57. The lowest BCUT2D eigenvalue weighted by Gasteiger charge is -2.31. The molecule has 180 valence electrons. The van der Waals surface area contributed by atoms with Crippen LogP contribution in [0.25, 0.3) is 6.08 Å². The predicted molar refractivity (Wildman–Crippen MR) is 131 cm³/mol. The normalized spacial score (nSPS) is 19.1. The van der Waals surface area contributed by atoms with Crippen molar-refractivity contribution in [1.29, 1.82) is 0 Å². The third-order valence-electron chi connectivity index (χ3n) is 6.21. The van der Waals surface area contributed by atoms with Crippen molar-refractivity contribution < 1.29 is 28.9 Å². The van der Waals surface area contributed by atoms with E-state index in [1.807, 2.05) is 18.2 Å². The molecular formula is C26H28BrNO6. The van der Waals surface area contributed by atoms with E-state index in [4.69, 9.17) is 14.2 Å². The van der Waals surface area contributed by atoms with Crippen molar-refractivity contribution in [3.63, 3.8) is 0 Å². The SMILES string of the molecule is CCOC(=O)C1CCCN(Cc2c(O)cc(C)c3c2O/C(=C\c2cc(Br)ccc2OC)C3=O)C1. The van der Waals surface area contributed by atoms with Crippen LogP contribution in [0.2, 0.25) is 0 Å². The summed E-state index contributed by atoms with van der Waals surface area (Å²) >= 11 is 3.45. The van der Waals surface area contributed by atoms with Gasteiger partial charge in [0.05, 0.1) is 30.8 Å². The summed E-state index contributed by atoms with van der Waals surface area (Å²) in [5, 5.41) is 10.8. The van der Waals surface area contributed by atoms with Crippen molar-refractivity contribution >= 4 is 33.8 Å². The van der Waals surface area contributed by atoms with Crippen LogP contribution in [0.5, 0.6) is 17.2 Å². The summed E-state index contributed by atoms with van der Waals surface area (Å²) in [6.07, 6.45) is 3.29. The number of hydrogen-bond acceptors (Lipinski definition) is 7. The predicted octanol–water partition coefficient (Wildman–Crippen LogP) is 4.86. The lowest BCUT2D eigenvalue weighted by Crippen LogP contribution is -2.39. The molecule has 2 aromatic carbocycles. The first-order valence-electron chi connectivity index (χ1n) is 11.3. The molecule has 2 aliphatic heterocycles. The Bertz CT molecular complexity index is 1160. The van der Waals surface area contributed by atoms with Crippen molar-refractivity contribution in [1.82, 2.24) is 4.90 Å². The van der Waals surface area contributed by atoms with Crippen molar-refractivity contribution in [2.24, 2.45) is 5.92 Å². The standard InChI is InChI=1S/C26H28BrNO6/c1-4-33-26(31)16-6-5-9-28(13-16)14-19-20(29)10-15(2)23-24(30)22(34-25(19)23)12-17-11-18(27)7-8-21(17)32-3/h7-8,10-12,16,29H,4-6,9,13-14H2,1-3H3/b22-12-. The molecule has 0 amide bonds. The number of ketones is 1. The van der Waals surface area contributed by atoms with Gasteiger partial charge < -0.3 is 19.3 Å². The molecule has 0 radical (unpaired) electrons. The number of halogens is 1. The van der Waals surface area contributed by atoms with Crippen LogP contribution < -0.4 is 9.47 Å². The second-order valence-corrected chi connectivity index (χ2v) is 9.46. The molecule has 7 nitrogen and oxygen atoms in total. The number of phenolic OH excluding ortho intramolecular Hbond substituents is 1. The van der Waals surface area contributed by atoms with Gasteiger partial charge in [0, 0.05) is 23.1 Å². The quantitative estimate of drug-likeness (QED) is 0.422. The van der Waals surface area contributed by atoms with Crippen LogP contribution >= 0.6 is 15.9 Å². The monoisotopic (exact) mass is 529 g/mol. The lowest BCUT2D eigenvalue weighted by molar-refractivity contribution is -0.150. The Labute approximate surface area is 207 Å². The van der Waals surface area contributed by atoms with Crippen LogP contribution in [-0.2, 0) is 16.1 Å². The molecule has 1 fully saturated rings. The Morgan fingerprint density at radius 3 is 2.88 bits per heavy atom. The van der Waals surface area contributed by atoms with E-state index in [-0.39, 0.29) is 29.2 Å². The molecule has 1 saturated heterocycles. The van der Waals surface area contributed by atoms with Gasteiger partial charge in [-0.3, -0.25) is 14.5 Å². The van der Waals surface area contributed by atoms with Crippen molar-refractivity contribution in [3.8, 4) is 17.2 Å². The van der Waals surface area contributed by atoms with Crippen LogP contribution in [0.3, 0.4) is 0 Å². The molecule has 0 spiro atoms. The highest BCUT2D eigenvalue weighted by Gasteiger charge is 2.35. The summed E-state index contributed by atoms with van der Waals surface area (Å²) in [6, 6.07) is 7.11. The van der Waals surface area contributed by atoms with E-state index < -0.39 is 0 Å². The first-order valence-corrected chi connectivity index (χ1v) is 12.1. The fourth-order valence-electron chi connectivity index (χ4n) is 4.57. The zero-order valence-corrected chi connectivity index (χ0v) is 21.1. The van der Waals surface area contributed by atoms with Crippen LogP contribution in [0.4, 0.5) is 0 Å². The van der Waals surface area contributed by atoms with E-state index in [0.717, 1.165) is 23.9 Å². The average Bonchev–Trinajstić information content (AvgIpc) is 3.13. The van der Waals surface area contributed by atoms with Gasteiger partial charge >= 0.3 is 5.97 Å². The first kappa shape index (κ1) is 24.3. The molecule has 34 heavy (non-hydrogen) atoms. The largest absolute Gasteiger partial charge is 0.507 e. The average molecular weight is 530 g/mol. The number of methoxy groups -OCH3 is 1. The van der Waals surface area contributed by atoms with Gasteiger partial charge in [-0.15, -0.1) is 0 Å². The maximum atomic E-state index is 13.3. The third-order valence-corrected chi connectivity index (χ3v) is 6.70. The van der Waals surface area contributed by atoms with Gasteiger partial charge in [-0.25, -0.2) is 0 Å². The van der Waals surface area contributed by atoms with E-state index in [9.17, 15) is 14.7 Å². The molecule has 2 aromatic rings. The number of Topliss-reactive ketones (excluding diaryl/α,β-unsaturated/α-hetero) is 1. The minimum Gasteiger partial charge on any atom is -0.507 e. The summed E-state index contributed by atoms with van der Waals surface area (Å²) in [5.41, 5.74) is 2.34. The van der Waals surface area contributed by atoms with Crippen LogP contribution in [0, 0.1) is 12.8 Å². The molecule has 1 unspecified atom stereocenters. The number of allylic oxidation sites excluding steroid dienone is 1. The van der Waals surface area contributed by atoms with E-state index in [0.29, 0.717) is 53.4 Å². The van der Waals surface area contributed by atoms with Gasteiger partial charge in [-0.2, -0.15) is 0 Å². The van der Waals surface area contributed by atoms with Gasteiger partial charge in [0.25, 0.3) is 0 Å². The second kappa shape index (κ2) is 10.2. The van der Waals surface area contributed by atoms with Gasteiger partial charge in [0.15, 0.2) is 5.76 Å². The molecular weight excluding hydrogens is 502 g/mol. The van der Waals surface area contributed by atoms with Gasteiger partial charge in [0.1, 0.15) is 17.2 Å².